The van der Waals surface area contributed by atoms with Crippen LogP contribution >= 0.6 is 27.5 Å². The Hall–Kier alpha value is -2.78. The molecule has 1 saturated carbocycles. The molecule has 166 valence electrons. The van der Waals surface area contributed by atoms with Crippen molar-refractivity contribution in [2.45, 2.75) is 38.0 Å². The number of rotatable bonds is 5. The summed E-state index contributed by atoms with van der Waals surface area (Å²) < 4.78 is 7.31. The van der Waals surface area contributed by atoms with Gasteiger partial charge in [0.15, 0.2) is 0 Å². The van der Waals surface area contributed by atoms with E-state index >= 15 is 0 Å². The van der Waals surface area contributed by atoms with Crippen molar-refractivity contribution in [3.8, 4) is 5.75 Å². The van der Waals surface area contributed by atoms with Crippen molar-refractivity contribution in [1.82, 2.24) is 9.66 Å². The van der Waals surface area contributed by atoms with Crippen LogP contribution in [0.2, 0.25) is 5.02 Å². The topological polar surface area (TPSA) is 99.6 Å². The Kier molecular flexibility index (Phi) is 6.57. The molecule has 0 bridgehead atoms. The summed E-state index contributed by atoms with van der Waals surface area (Å²) in [6.45, 7) is 0. The van der Waals surface area contributed by atoms with Crippen molar-refractivity contribution in [3.05, 3.63) is 71.7 Å². The van der Waals surface area contributed by atoms with Crippen LogP contribution in [0.15, 0.2) is 44.7 Å². The van der Waals surface area contributed by atoms with Crippen molar-refractivity contribution in [2.24, 2.45) is 5.10 Å². The van der Waals surface area contributed by atoms with E-state index in [0.29, 0.717) is 22.3 Å². The lowest BCUT2D eigenvalue weighted by atomic mass is 9.88. The lowest BCUT2D eigenvalue weighted by molar-refractivity contribution is -0.385. The summed E-state index contributed by atoms with van der Waals surface area (Å²) in [6.07, 6.45) is 6.50. The first-order chi connectivity index (χ1) is 15.4. The SMILES string of the molecule is COc1c(C=Nn2c(C3CCCCC3)nc3ccc(Br)cc3c2=O)cc(Cl)cc1[N+](=O)[O-]. The summed E-state index contributed by atoms with van der Waals surface area (Å²) >= 11 is 9.48. The van der Waals surface area contributed by atoms with E-state index in [2.05, 4.69) is 21.0 Å². The fourth-order valence-corrected chi connectivity index (χ4v) is 4.66. The fraction of sp³-hybridized carbons (Fsp3) is 0.318. The predicted molar refractivity (Wildman–Crippen MR) is 127 cm³/mol. The molecule has 1 fully saturated rings. The van der Waals surface area contributed by atoms with Crippen molar-refractivity contribution < 1.29 is 9.66 Å². The van der Waals surface area contributed by atoms with Gasteiger partial charge in [0.1, 0.15) is 5.82 Å². The second-order valence-corrected chi connectivity index (χ2v) is 8.98. The molecule has 0 amide bonds. The Balaban J connectivity index is 1.90. The van der Waals surface area contributed by atoms with Gasteiger partial charge >= 0.3 is 5.69 Å². The monoisotopic (exact) mass is 518 g/mol. The van der Waals surface area contributed by atoms with Gasteiger partial charge in [0, 0.05) is 27.0 Å². The highest BCUT2D eigenvalue weighted by Gasteiger charge is 2.23. The molecule has 0 atom stereocenters. The smallest absolute Gasteiger partial charge is 0.313 e. The zero-order valence-corrected chi connectivity index (χ0v) is 19.6. The van der Waals surface area contributed by atoms with E-state index in [1.165, 1.54) is 30.1 Å². The van der Waals surface area contributed by atoms with Gasteiger partial charge in [0.25, 0.3) is 5.56 Å². The van der Waals surface area contributed by atoms with E-state index in [9.17, 15) is 14.9 Å². The number of nitrogens with zero attached hydrogens (tertiary/aromatic N) is 4. The minimum Gasteiger partial charge on any atom is -0.490 e. The molecule has 1 heterocycles. The molecule has 2 aromatic carbocycles. The first-order valence-electron chi connectivity index (χ1n) is 10.2. The second-order valence-electron chi connectivity index (χ2n) is 7.63. The van der Waals surface area contributed by atoms with Crippen LogP contribution in [0, 0.1) is 10.1 Å². The summed E-state index contributed by atoms with van der Waals surface area (Å²) in [4.78, 5) is 29.0. The van der Waals surface area contributed by atoms with Gasteiger partial charge < -0.3 is 4.74 Å². The molecule has 10 heteroatoms. The van der Waals surface area contributed by atoms with Gasteiger partial charge in [-0.25, -0.2) is 4.98 Å². The van der Waals surface area contributed by atoms with Crippen molar-refractivity contribution in [3.63, 3.8) is 0 Å². The number of halogens is 2. The van der Waals surface area contributed by atoms with Crippen LogP contribution in [0.25, 0.3) is 10.9 Å². The highest BCUT2D eigenvalue weighted by atomic mass is 79.9. The van der Waals surface area contributed by atoms with E-state index in [1.54, 1.807) is 6.07 Å². The average Bonchev–Trinajstić information content (AvgIpc) is 2.78. The Bertz CT molecular complexity index is 1290. The van der Waals surface area contributed by atoms with Crippen molar-refractivity contribution in [2.75, 3.05) is 7.11 Å². The van der Waals surface area contributed by atoms with Crippen LogP contribution < -0.4 is 10.3 Å². The van der Waals surface area contributed by atoms with Crippen LogP contribution in [0.4, 0.5) is 5.69 Å². The Morgan fingerprint density at radius 1 is 1.28 bits per heavy atom. The van der Waals surface area contributed by atoms with Gasteiger partial charge in [-0.3, -0.25) is 14.9 Å². The summed E-state index contributed by atoms with van der Waals surface area (Å²) in [5, 5.41) is 16.4. The van der Waals surface area contributed by atoms with Crippen LogP contribution in [-0.2, 0) is 0 Å². The Morgan fingerprint density at radius 2 is 2.03 bits per heavy atom. The summed E-state index contributed by atoms with van der Waals surface area (Å²) in [5.41, 5.74) is 0.328. The normalized spacial score (nSPS) is 14.8. The number of hydrogen-bond donors (Lipinski definition) is 0. The van der Waals surface area contributed by atoms with Crippen LogP contribution in [0.1, 0.15) is 49.4 Å². The molecular formula is C22H20BrClN4O4. The second kappa shape index (κ2) is 9.38. The van der Waals surface area contributed by atoms with Gasteiger partial charge in [-0.15, -0.1) is 0 Å². The zero-order chi connectivity index (χ0) is 22.8. The molecule has 0 unspecified atom stereocenters. The number of fused-ring (bicyclic) bond motifs is 1. The van der Waals surface area contributed by atoms with E-state index in [0.717, 1.165) is 36.6 Å². The summed E-state index contributed by atoms with van der Waals surface area (Å²) in [5.74, 6) is 0.723. The predicted octanol–water partition coefficient (Wildman–Crippen LogP) is 5.66. The standard InChI is InChI=1S/C22H20BrClN4O4/c1-32-20-14(9-16(24)11-19(20)28(30)31)12-25-27-21(13-5-3-2-4-6-13)26-18-8-7-15(23)10-17(18)22(27)29/h7-13H,2-6H2,1H3. The van der Waals surface area contributed by atoms with Gasteiger partial charge in [0.05, 0.1) is 29.2 Å². The highest BCUT2D eigenvalue weighted by Crippen LogP contribution is 2.34. The summed E-state index contributed by atoms with van der Waals surface area (Å²) in [6, 6.07) is 8.10. The maximum Gasteiger partial charge on any atom is 0.313 e. The number of aromatic nitrogens is 2. The molecule has 4 rings (SSSR count). The number of nitro benzene ring substituents is 1. The third kappa shape index (κ3) is 4.40. The van der Waals surface area contributed by atoms with Gasteiger partial charge in [-0.05, 0) is 37.1 Å². The number of benzene rings is 2. The number of ether oxygens (including phenoxy) is 1. The van der Waals surface area contributed by atoms with Crippen LogP contribution in [0.5, 0.6) is 5.75 Å². The minimum absolute atomic E-state index is 0.0203. The molecule has 1 aliphatic carbocycles. The van der Waals surface area contributed by atoms with E-state index < -0.39 is 4.92 Å². The van der Waals surface area contributed by atoms with Crippen LogP contribution in [-0.4, -0.2) is 27.9 Å². The van der Waals surface area contributed by atoms with Crippen molar-refractivity contribution in [1.29, 1.82) is 0 Å². The summed E-state index contributed by atoms with van der Waals surface area (Å²) in [7, 11) is 1.34. The number of nitro groups is 1. The average molecular weight is 520 g/mol. The third-order valence-corrected chi connectivity index (χ3v) is 6.29. The molecule has 3 aromatic rings. The zero-order valence-electron chi connectivity index (χ0n) is 17.3. The van der Waals surface area contributed by atoms with E-state index in [1.807, 2.05) is 12.1 Å². The third-order valence-electron chi connectivity index (χ3n) is 5.58. The van der Waals surface area contributed by atoms with Crippen molar-refractivity contribution >= 4 is 50.3 Å². The molecule has 0 spiro atoms. The van der Waals surface area contributed by atoms with Gasteiger partial charge in [-0.1, -0.05) is 46.8 Å². The quantitative estimate of drug-likeness (QED) is 0.246. The maximum absolute atomic E-state index is 13.4. The van der Waals surface area contributed by atoms with E-state index in [4.69, 9.17) is 21.3 Å². The number of hydrogen-bond acceptors (Lipinski definition) is 6. The highest BCUT2D eigenvalue weighted by molar-refractivity contribution is 9.10. The Morgan fingerprint density at radius 3 is 2.72 bits per heavy atom. The molecule has 32 heavy (non-hydrogen) atoms. The lowest BCUT2D eigenvalue weighted by Gasteiger charge is -2.22. The number of methoxy groups -OCH3 is 1. The Labute approximate surface area is 197 Å². The lowest BCUT2D eigenvalue weighted by Crippen LogP contribution is -2.25. The largest absolute Gasteiger partial charge is 0.490 e. The molecule has 1 aliphatic rings. The fourth-order valence-electron chi connectivity index (χ4n) is 4.08. The van der Waals surface area contributed by atoms with Crippen LogP contribution in [0.3, 0.4) is 0 Å². The molecule has 0 saturated heterocycles. The maximum atomic E-state index is 13.4. The molecule has 0 radical (unpaired) electrons. The molecule has 1 aromatic heterocycles. The van der Waals surface area contributed by atoms with Gasteiger partial charge in [0.2, 0.25) is 5.75 Å². The molecular weight excluding hydrogens is 500 g/mol. The molecule has 0 N–H and O–H groups in total. The van der Waals surface area contributed by atoms with Gasteiger partial charge in [-0.2, -0.15) is 9.78 Å². The molecule has 8 nitrogen and oxygen atoms in total. The first-order valence-corrected chi connectivity index (χ1v) is 11.3. The minimum atomic E-state index is -0.573. The molecule has 0 aliphatic heterocycles. The first kappa shape index (κ1) is 22.4. The van der Waals surface area contributed by atoms with E-state index in [-0.39, 0.29) is 27.9 Å².